The van der Waals surface area contributed by atoms with Gasteiger partial charge in [-0.3, -0.25) is 14.3 Å². The van der Waals surface area contributed by atoms with Crippen LogP contribution in [0.1, 0.15) is 23.9 Å². The third-order valence-corrected chi connectivity index (χ3v) is 3.87. The van der Waals surface area contributed by atoms with Crippen LogP contribution in [0.15, 0.2) is 36.4 Å². The summed E-state index contributed by atoms with van der Waals surface area (Å²) in [5.41, 5.74) is 2.73. The Labute approximate surface area is 141 Å². The summed E-state index contributed by atoms with van der Waals surface area (Å²) in [4.78, 5) is 25.5. The van der Waals surface area contributed by atoms with Gasteiger partial charge in [0.15, 0.2) is 0 Å². The molecule has 1 aromatic heterocycles. The highest BCUT2D eigenvalue weighted by Crippen LogP contribution is 2.10. The smallest absolute Gasteiger partial charge is 0.308 e. The highest BCUT2D eigenvalue weighted by molar-refractivity contribution is 5.77. The average Bonchev–Trinajstić information content (AvgIpc) is 2.85. The second-order valence-corrected chi connectivity index (χ2v) is 6.08. The summed E-state index contributed by atoms with van der Waals surface area (Å²) in [5.74, 6) is -1.68. The summed E-state index contributed by atoms with van der Waals surface area (Å²) in [6.45, 7) is 6.05. The fraction of sp³-hybridized carbons (Fsp3) is 0.389. The number of nitrogens with zero attached hydrogens (tertiary/aromatic N) is 3. The van der Waals surface area contributed by atoms with E-state index in [1.807, 2.05) is 50.2 Å². The van der Waals surface area contributed by atoms with E-state index in [9.17, 15) is 9.59 Å². The van der Waals surface area contributed by atoms with Crippen LogP contribution in [-0.4, -0.2) is 38.2 Å². The molecule has 1 atom stereocenters. The third-order valence-electron chi connectivity index (χ3n) is 3.87. The number of hydrogen-bond donors (Lipinski definition) is 1. The van der Waals surface area contributed by atoms with Crippen molar-refractivity contribution in [2.45, 2.75) is 33.9 Å². The standard InChI is InChI=1S/C18H23N3O3/c1-13(18(23)24)10-20(11-16-7-5-4-6-8-16)17(22)12-21-15(3)9-14(2)19-21/h4-9,13H,10-12H2,1-3H3,(H,23,24)/t13-/m1/s1. The number of aliphatic carboxylic acids is 1. The fourth-order valence-electron chi connectivity index (χ4n) is 2.53. The first-order valence-corrected chi connectivity index (χ1v) is 7.92. The van der Waals surface area contributed by atoms with Gasteiger partial charge in [-0.2, -0.15) is 5.10 Å². The van der Waals surface area contributed by atoms with Crippen LogP contribution in [0.3, 0.4) is 0 Å². The van der Waals surface area contributed by atoms with Crippen molar-refractivity contribution in [2.75, 3.05) is 6.54 Å². The molecule has 0 radical (unpaired) electrons. The number of carbonyl (C=O) groups excluding carboxylic acids is 1. The van der Waals surface area contributed by atoms with Crippen molar-refractivity contribution in [3.63, 3.8) is 0 Å². The first-order valence-electron chi connectivity index (χ1n) is 7.92. The Morgan fingerprint density at radius 3 is 2.46 bits per heavy atom. The molecule has 2 aromatic rings. The Bertz CT molecular complexity index is 710. The van der Waals surface area contributed by atoms with Crippen LogP contribution in [0.25, 0.3) is 0 Å². The number of aromatic nitrogens is 2. The molecular formula is C18H23N3O3. The molecule has 0 aliphatic carbocycles. The van der Waals surface area contributed by atoms with Gasteiger partial charge in [-0.05, 0) is 25.5 Å². The van der Waals surface area contributed by atoms with E-state index >= 15 is 0 Å². The molecule has 1 heterocycles. The van der Waals surface area contributed by atoms with Gasteiger partial charge < -0.3 is 10.0 Å². The van der Waals surface area contributed by atoms with Crippen LogP contribution in [0.4, 0.5) is 0 Å². The predicted molar refractivity (Wildman–Crippen MR) is 90.4 cm³/mol. The summed E-state index contributed by atoms with van der Waals surface area (Å²) >= 11 is 0. The molecular weight excluding hydrogens is 306 g/mol. The van der Waals surface area contributed by atoms with E-state index in [1.165, 1.54) is 0 Å². The molecule has 1 amide bonds. The van der Waals surface area contributed by atoms with E-state index < -0.39 is 11.9 Å². The number of aryl methyl sites for hydroxylation is 2. The van der Waals surface area contributed by atoms with E-state index in [1.54, 1.807) is 16.5 Å². The van der Waals surface area contributed by atoms with Gasteiger partial charge in [-0.25, -0.2) is 0 Å². The van der Waals surface area contributed by atoms with Crippen molar-refractivity contribution < 1.29 is 14.7 Å². The summed E-state index contributed by atoms with van der Waals surface area (Å²) in [6, 6.07) is 11.5. The maximum atomic E-state index is 12.7. The van der Waals surface area contributed by atoms with Crippen molar-refractivity contribution in [3.8, 4) is 0 Å². The van der Waals surface area contributed by atoms with Gasteiger partial charge in [0.25, 0.3) is 0 Å². The maximum absolute atomic E-state index is 12.7. The Kier molecular flexibility index (Phi) is 5.73. The molecule has 0 bridgehead atoms. The summed E-state index contributed by atoms with van der Waals surface area (Å²) in [5, 5.41) is 13.5. The molecule has 0 unspecified atom stereocenters. The SMILES string of the molecule is Cc1cc(C)n(CC(=O)N(Cc2ccccc2)C[C@@H](C)C(=O)O)n1. The van der Waals surface area contributed by atoms with Crippen LogP contribution in [-0.2, 0) is 22.7 Å². The van der Waals surface area contributed by atoms with Gasteiger partial charge >= 0.3 is 5.97 Å². The molecule has 6 nitrogen and oxygen atoms in total. The minimum atomic E-state index is -0.910. The normalized spacial score (nSPS) is 12.0. The van der Waals surface area contributed by atoms with Gasteiger partial charge in [-0.1, -0.05) is 37.3 Å². The summed E-state index contributed by atoms with van der Waals surface area (Å²) in [6.07, 6.45) is 0. The van der Waals surface area contributed by atoms with Crippen molar-refractivity contribution >= 4 is 11.9 Å². The molecule has 24 heavy (non-hydrogen) atoms. The van der Waals surface area contributed by atoms with Crippen LogP contribution >= 0.6 is 0 Å². The van der Waals surface area contributed by atoms with Gasteiger partial charge in [-0.15, -0.1) is 0 Å². The monoisotopic (exact) mass is 329 g/mol. The molecule has 2 rings (SSSR count). The second-order valence-electron chi connectivity index (χ2n) is 6.08. The van der Waals surface area contributed by atoms with Gasteiger partial charge in [0.05, 0.1) is 11.6 Å². The third kappa shape index (κ3) is 4.68. The van der Waals surface area contributed by atoms with E-state index in [2.05, 4.69) is 5.10 Å². The number of carboxylic acids is 1. The number of rotatable bonds is 7. The molecule has 0 saturated carbocycles. The highest BCUT2D eigenvalue weighted by atomic mass is 16.4. The molecule has 0 fully saturated rings. The first kappa shape index (κ1) is 17.7. The van der Waals surface area contributed by atoms with E-state index in [0.717, 1.165) is 17.0 Å². The Balaban J connectivity index is 2.15. The topological polar surface area (TPSA) is 75.4 Å². The van der Waals surface area contributed by atoms with Gasteiger partial charge in [0, 0.05) is 18.8 Å². The maximum Gasteiger partial charge on any atom is 0.308 e. The summed E-state index contributed by atoms with van der Waals surface area (Å²) < 4.78 is 1.65. The van der Waals surface area contributed by atoms with Crippen LogP contribution < -0.4 is 0 Å². The predicted octanol–water partition coefficient (Wildman–Crippen LogP) is 2.25. The zero-order chi connectivity index (χ0) is 17.7. The van der Waals surface area contributed by atoms with Crippen LogP contribution in [0.5, 0.6) is 0 Å². The van der Waals surface area contributed by atoms with E-state index in [0.29, 0.717) is 6.54 Å². The molecule has 1 N–H and O–H groups in total. The lowest BCUT2D eigenvalue weighted by Crippen LogP contribution is -2.38. The highest BCUT2D eigenvalue weighted by Gasteiger charge is 2.21. The lowest BCUT2D eigenvalue weighted by Gasteiger charge is -2.25. The van der Waals surface area contributed by atoms with Gasteiger partial charge in [0.1, 0.15) is 6.54 Å². The molecule has 0 saturated heterocycles. The molecule has 6 heteroatoms. The zero-order valence-corrected chi connectivity index (χ0v) is 14.3. The van der Waals surface area contributed by atoms with Crippen molar-refractivity contribution in [3.05, 3.63) is 53.3 Å². The Morgan fingerprint density at radius 2 is 1.92 bits per heavy atom. The van der Waals surface area contributed by atoms with Crippen molar-refractivity contribution in [1.82, 2.24) is 14.7 Å². The van der Waals surface area contributed by atoms with Crippen LogP contribution in [0, 0.1) is 19.8 Å². The number of benzene rings is 1. The first-order chi connectivity index (χ1) is 11.4. The molecule has 0 spiro atoms. The quantitative estimate of drug-likeness (QED) is 0.845. The Hall–Kier alpha value is -2.63. The fourth-order valence-corrected chi connectivity index (χ4v) is 2.53. The lowest BCUT2D eigenvalue weighted by molar-refractivity contribution is -0.143. The number of amides is 1. The number of carbonyl (C=O) groups is 2. The molecule has 0 aliphatic rings. The lowest BCUT2D eigenvalue weighted by atomic mass is 10.1. The average molecular weight is 329 g/mol. The van der Waals surface area contributed by atoms with Crippen LogP contribution in [0.2, 0.25) is 0 Å². The minimum absolute atomic E-state index is 0.110. The second kappa shape index (κ2) is 7.77. The summed E-state index contributed by atoms with van der Waals surface area (Å²) in [7, 11) is 0. The number of hydrogen-bond acceptors (Lipinski definition) is 3. The largest absolute Gasteiger partial charge is 0.481 e. The van der Waals surface area contributed by atoms with E-state index in [-0.39, 0.29) is 19.0 Å². The van der Waals surface area contributed by atoms with Crippen molar-refractivity contribution in [2.24, 2.45) is 5.92 Å². The molecule has 1 aromatic carbocycles. The Morgan fingerprint density at radius 1 is 1.25 bits per heavy atom. The van der Waals surface area contributed by atoms with E-state index in [4.69, 9.17) is 5.11 Å². The minimum Gasteiger partial charge on any atom is -0.481 e. The molecule has 128 valence electrons. The van der Waals surface area contributed by atoms with Crippen molar-refractivity contribution in [1.29, 1.82) is 0 Å². The zero-order valence-electron chi connectivity index (χ0n) is 14.3. The molecule has 0 aliphatic heterocycles. The number of carboxylic acid groups (broad SMARTS) is 1. The van der Waals surface area contributed by atoms with Gasteiger partial charge in [0.2, 0.25) is 5.91 Å².